The summed E-state index contributed by atoms with van der Waals surface area (Å²) in [6.45, 7) is 4.15. The van der Waals surface area contributed by atoms with Crippen molar-refractivity contribution in [2.24, 2.45) is 0 Å². The van der Waals surface area contributed by atoms with E-state index in [1.165, 1.54) is 0 Å². The van der Waals surface area contributed by atoms with Crippen molar-refractivity contribution in [3.05, 3.63) is 89.0 Å². The molecule has 1 N–H and O–H groups in total. The largest absolute Gasteiger partial charge is 0.320 e. The number of halogens is 1. The first-order chi connectivity index (χ1) is 14.5. The standard InChI is InChI=1S/C22H20ClN5OS/c1-15-21(23)16(2)28(25-15)14-27-13-12-19(26-27)22(29)24-18-10-6-7-11-20(18)30-17-8-4-3-5-9-17/h3-13H,14H2,1-2H3,(H,24,29). The molecule has 0 saturated carbocycles. The summed E-state index contributed by atoms with van der Waals surface area (Å²) in [5.41, 5.74) is 2.72. The number of nitrogens with zero attached hydrogens (tertiary/aromatic N) is 4. The lowest BCUT2D eigenvalue weighted by Gasteiger charge is -2.10. The van der Waals surface area contributed by atoms with E-state index >= 15 is 0 Å². The van der Waals surface area contributed by atoms with Gasteiger partial charge >= 0.3 is 0 Å². The van der Waals surface area contributed by atoms with Gasteiger partial charge in [0.05, 0.1) is 22.1 Å². The smallest absolute Gasteiger partial charge is 0.276 e. The molecule has 1 amide bonds. The second-order valence-electron chi connectivity index (χ2n) is 6.73. The highest BCUT2D eigenvalue weighted by Crippen LogP contribution is 2.33. The fourth-order valence-corrected chi connectivity index (χ4v) is 4.03. The molecule has 0 atom stereocenters. The monoisotopic (exact) mass is 437 g/mol. The maximum absolute atomic E-state index is 12.8. The number of anilines is 1. The van der Waals surface area contributed by atoms with Crippen LogP contribution in [0.3, 0.4) is 0 Å². The number of benzene rings is 2. The van der Waals surface area contributed by atoms with Crippen molar-refractivity contribution in [1.29, 1.82) is 0 Å². The van der Waals surface area contributed by atoms with Crippen LogP contribution in [0.2, 0.25) is 5.02 Å². The lowest BCUT2D eigenvalue weighted by Crippen LogP contribution is -2.16. The molecule has 0 fully saturated rings. The topological polar surface area (TPSA) is 64.7 Å². The van der Waals surface area contributed by atoms with Crippen molar-refractivity contribution < 1.29 is 4.79 Å². The molecule has 2 aromatic heterocycles. The molecule has 4 aromatic rings. The quantitative estimate of drug-likeness (QED) is 0.447. The van der Waals surface area contributed by atoms with Crippen LogP contribution in [0.25, 0.3) is 0 Å². The Balaban J connectivity index is 1.48. The van der Waals surface area contributed by atoms with E-state index in [0.717, 1.165) is 26.9 Å². The summed E-state index contributed by atoms with van der Waals surface area (Å²) in [6.07, 6.45) is 1.75. The van der Waals surface area contributed by atoms with Crippen LogP contribution in [0.15, 0.2) is 76.7 Å². The molecular formula is C22H20ClN5OS. The van der Waals surface area contributed by atoms with E-state index in [9.17, 15) is 4.79 Å². The predicted octanol–water partition coefficient (Wildman–Crippen LogP) is 5.26. The molecule has 0 aliphatic carbocycles. The van der Waals surface area contributed by atoms with E-state index in [1.54, 1.807) is 33.4 Å². The molecule has 152 valence electrons. The van der Waals surface area contributed by atoms with E-state index in [0.29, 0.717) is 17.4 Å². The van der Waals surface area contributed by atoms with Gasteiger partial charge in [0, 0.05) is 16.0 Å². The third-order valence-corrected chi connectivity index (χ3v) is 6.18. The summed E-state index contributed by atoms with van der Waals surface area (Å²) in [7, 11) is 0. The summed E-state index contributed by atoms with van der Waals surface area (Å²) in [4.78, 5) is 14.8. The van der Waals surface area contributed by atoms with Crippen LogP contribution in [-0.4, -0.2) is 25.5 Å². The maximum atomic E-state index is 12.8. The molecule has 8 heteroatoms. The van der Waals surface area contributed by atoms with Gasteiger partial charge in [-0.15, -0.1) is 0 Å². The molecule has 0 aliphatic heterocycles. The zero-order valence-corrected chi connectivity index (χ0v) is 18.1. The number of hydrogen-bond donors (Lipinski definition) is 1. The Morgan fingerprint density at radius 1 is 1.03 bits per heavy atom. The third-order valence-electron chi connectivity index (χ3n) is 4.55. The number of carbonyl (C=O) groups excluding carboxylic acids is 1. The lowest BCUT2D eigenvalue weighted by atomic mass is 10.3. The van der Waals surface area contributed by atoms with Gasteiger partial charge in [-0.1, -0.05) is 53.7 Å². The summed E-state index contributed by atoms with van der Waals surface area (Å²) in [6, 6.07) is 19.5. The van der Waals surface area contributed by atoms with Crippen LogP contribution >= 0.6 is 23.4 Å². The molecule has 30 heavy (non-hydrogen) atoms. The second kappa shape index (κ2) is 8.77. The highest BCUT2D eigenvalue weighted by atomic mass is 35.5. The number of aryl methyl sites for hydroxylation is 1. The molecule has 2 heterocycles. The minimum Gasteiger partial charge on any atom is -0.320 e. The van der Waals surface area contributed by atoms with Crippen LogP contribution in [0.1, 0.15) is 21.9 Å². The molecule has 0 bridgehead atoms. The van der Waals surface area contributed by atoms with E-state index in [-0.39, 0.29) is 5.91 Å². The highest BCUT2D eigenvalue weighted by Gasteiger charge is 2.14. The molecule has 4 rings (SSSR count). The van der Waals surface area contributed by atoms with Gasteiger partial charge in [0.2, 0.25) is 0 Å². The van der Waals surface area contributed by atoms with Crippen molar-refractivity contribution in [1.82, 2.24) is 19.6 Å². The van der Waals surface area contributed by atoms with Crippen molar-refractivity contribution in [3.8, 4) is 0 Å². The Kier molecular flexibility index (Phi) is 5.92. The minimum absolute atomic E-state index is 0.263. The highest BCUT2D eigenvalue weighted by molar-refractivity contribution is 7.99. The Bertz CT molecular complexity index is 1190. The minimum atomic E-state index is -0.263. The van der Waals surface area contributed by atoms with E-state index in [2.05, 4.69) is 15.5 Å². The Hall–Kier alpha value is -3.03. The average molecular weight is 438 g/mol. The summed E-state index contributed by atoms with van der Waals surface area (Å²) in [5.74, 6) is -0.263. The van der Waals surface area contributed by atoms with Crippen LogP contribution < -0.4 is 5.32 Å². The van der Waals surface area contributed by atoms with Crippen LogP contribution in [-0.2, 0) is 6.67 Å². The number of rotatable bonds is 6. The van der Waals surface area contributed by atoms with Crippen molar-refractivity contribution >= 4 is 35.0 Å². The lowest BCUT2D eigenvalue weighted by molar-refractivity contribution is 0.102. The molecule has 2 aromatic carbocycles. The number of hydrogen-bond acceptors (Lipinski definition) is 4. The van der Waals surface area contributed by atoms with Gasteiger partial charge in [-0.25, -0.2) is 4.68 Å². The Morgan fingerprint density at radius 2 is 1.77 bits per heavy atom. The van der Waals surface area contributed by atoms with E-state index in [1.807, 2.05) is 68.4 Å². The van der Waals surface area contributed by atoms with Crippen LogP contribution in [0.5, 0.6) is 0 Å². The van der Waals surface area contributed by atoms with Gasteiger partial charge in [0.25, 0.3) is 5.91 Å². The zero-order valence-electron chi connectivity index (χ0n) is 16.5. The number of amides is 1. The summed E-state index contributed by atoms with van der Waals surface area (Å²) in [5, 5.41) is 12.4. The Labute approximate surface area is 183 Å². The molecule has 0 saturated heterocycles. The number of carbonyl (C=O) groups is 1. The van der Waals surface area contributed by atoms with E-state index in [4.69, 9.17) is 11.6 Å². The van der Waals surface area contributed by atoms with Gasteiger partial charge in [-0.05, 0) is 44.2 Å². The molecular weight excluding hydrogens is 418 g/mol. The molecule has 0 aliphatic rings. The third kappa shape index (κ3) is 4.42. The van der Waals surface area contributed by atoms with Crippen molar-refractivity contribution in [2.75, 3.05) is 5.32 Å². The maximum Gasteiger partial charge on any atom is 0.276 e. The molecule has 6 nitrogen and oxygen atoms in total. The number of aromatic nitrogens is 4. The number of nitrogens with one attached hydrogen (secondary N) is 1. The summed E-state index contributed by atoms with van der Waals surface area (Å²) < 4.78 is 3.42. The van der Waals surface area contributed by atoms with Gasteiger partial charge in [0.1, 0.15) is 6.67 Å². The molecule has 0 unspecified atom stereocenters. The van der Waals surface area contributed by atoms with Crippen LogP contribution in [0.4, 0.5) is 5.69 Å². The second-order valence-corrected chi connectivity index (χ2v) is 8.22. The number of para-hydroxylation sites is 1. The first kappa shape index (κ1) is 20.3. The van der Waals surface area contributed by atoms with Crippen molar-refractivity contribution in [2.45, 2.75) is 30.3 Å². The molecule has 0 spiro atoms. The van der Waals surface area contributed by atoms with Gasteiger partial charge in [-0.3, -0.25) is 9.48 Å². The average Bonchev–Trinajstić information content (AvgIpc) is 3.31. The van der Waals surface area contributed by atoms with Gasteiger partial charge in [-0.2, -0.15) is 10.2 Å². The fraction of sp³-hybridized carbons (Fsp3) is 0.136. The summed E-state index contributed by atoms with van der Waals surface area (Å²) >= 11 is 7.80. The first-order valence-electron chi connectivity index (χ1n) is 9.37. The first-order valence-corrected chi connectivity index (χ1v) is 10.6. The molecule has 0 radical (unpaired) electrons. The normalized spacial score (nSPS) is 10.9. The zero-order chi connectivity index (χ0) is 21.1. The van der Waals surface area contributed by atoms with E-state index < -0.39 is 0 Å². The SMILES string of the molecule is Cc1nn(Cn2ccc(C(=O)Nc3ccccc3Sc3ccccc3)n2)c(C)c1Cl. The van der Waals surface area contributed by atoms with Crippen LogP contribution in [0, 0.1) is 13.8 Å². The Morgan fingerprint density at radius 3 is 2.50 bits per heavy atom. The van der Waals surface area contributed by atoms with Gasteiger partial charge < -0.3 is 5.32 Å². The predicted molar refractivity (Wildman–Crippen MR) is 119 cm³/mol. The van der Waals surface area contributed by atoms with Crippen molar-refractivity contribution in [3.63, 3.8) is 0 Å². The van der Waals surface area contributed by atoms with Gasteiger partial charge in [0.15, 0.2) is 5.69 Å². The fourth-order valence-electron chi connectivity index (χ4n) is 2.97.